The first-order chi connectivity index (χ1) is 6.31. The highest BCUT2D eigenvalue weighted by Gasteiger charge is 2.20. The van der Waals surface area contributed by atoms with Gasteiger partial charge in [0.1, 0.15) is 12.7 Å². The summed E-state index contributed by atoms with van der Waals surface area (Å²) in [5, 5.41) is 0. The summed E-state index contributed by atoms with van der Waals surface area (Å²) in [6, 6.07) is 5.87. The van der Waals surface area contributed by atoms with E-state index >= 15 is 0 Å². The lowest BCUT2D eigenvalue weighted by molar-refractivity contribution is 0.105. The predicted molar refractivity (Wildman–Crippen MR) is 51.8 cm³/mol. The number of alkyl halides is 1. The van der Waals surface area contributed by atoms with Crippen LogP contribution >= 0.6 is 11.6 Å². The number of hydrogen-bond donors (Lipinski definition) is 0. The molecule has 13 heavy (non-hydrogen) atoms. The highest BCUT2D eigenvalue weighted by molar-refractivity contribution is 6.18. The van der Waals surface area contributed by atoms with Gasteiger partial charge in [-0.3, -0.25) is 0 Å². The number of hydrogen-bond acceptors (Lipinski definition) is 2. The molecule has 0 amide bonds. The monoisotopic (exact) mass is 198 g/mol. The first kappa shape index (κ1) is 8.70. The Labute approximate surface area is 82.4 Å². The predicted octanol–water partition coefficient (Wildman–Crippen LogP) is 2.37. The van der Waals surface area contributed by atoms with Crippen molar-refractivity contribution in [3.05, 3.63) is 23.8 Å². The van der Waals surface area contributed by atoms with Crippen molar-refractivity contribution in [2.24, 2.45) is 0 Å². The standard InChI is InChI=1S/C10H11ClO2/c1-7-3-2-4-9-10(7)13-8(5-11)6-12-9/h2-4,8H,5-6H2,1H3/t8-/m1/s1. The summed E-state index contributed by atoms with van der Waals surface area (Å²) in [6.07, 6.45) is -0.0183. The van der Waals surface area contributed by atoms with E-state index in [-0.39, 0.29) is 6.10 Å². The van der Waals surface area contributed by atoms with Crippen molar-refractivity contribution in [1.82, 2.24) is 0 Å². The summed E-state index contributed by atoms with van der Waals surface area (Å²) >= 11 is 5.69. The van der Waals surface area contributed by atoms with Crippen molar-refractivity contribution in [3.8, 4) is 11.5 Å². The summed E-state index contributed by atoms with van der Waals surface area (Å²) in [7, 11) is 0. The molecule has 3 heteroatoms. The van der Waals surface area contributed by atoms with Crippen LogP contribution in [0.1, 0.15) is 5.56 Å². The number of ether oxygens (including phenoxy) is 2. The van der Waals surface area contributed by atoms with Crippen LogP contribution in [0.15, 0.2) is 18.2 Å². The fraction of sp³-hybridized carbons (Fsp3) is 0.400. The molecule has 1 aliphatic rings. The van der Waals surface area contributed by atoms with Gasteiger partial charge in [-0.15, -0.1) is 11.6 Å². The van der Waals surface area contributed by atoms with Gasteiger partial charge in [0.25, 0.3) is 0 Å². The maximum Gasteiger partial charge on any atom is 0.164 e. The first-order valence-electron chi connectivity index (χ1n) is 4.26. The molecule has 0 unspecified atom stereocenters. The van der Waals surface area contributed by atoms with Crippen molar-refractivity contribution in [2.45, 2.75) is 13.0 Å². The lowest BCUT2D eigenvalue weighted by Gasteiger charge is -2.26. The molecule has 1 aliphatic heterocycles. The zero-order valence-corrected chi connectivity index (χ0v) is 8.17. The average Bonchev–Trinajstić information content (AvgIpc) is 2.18. The van der Waals surface area contributed by atoms with Crippen molar-refractivity contribution >= 4 is 11.6 Å². The molecule has 2 rings (SSSR count). The zero-order valence-electron chi connectivity index (χ0n) is 7.42. The molecule has 0 saturated heterocycles. The van der Waals surface area contributed by atoms with Crippen LogP contribution in [0, 0.1) is 6.92 Å². The number of aryl methyl sites for hydroxylation is 1. The topological polar surface area (TPSA) is 18.5 Å². The Bertz CT molecular complexity index is 312. The van der Waals surface area contributed by atoms with E-state index in [1.54, 1.807) is 0 Å². The Kier molecular flexibility index (Phi) is 2.32. The smallest absolute Gasteiger partial charge is 0.164 e. The van der Waals surface area contributed by atoms with E-state index in [1.165, 1.54) is 0 Å². The quantitative estimate of drug-likeness (QED) is 0.645. The van der Waals surface area contributed by atoms with E-state index < -0.39 is 0 Å². The van der Waals surface area contributed by atoms with Crippen LogP contribution in [-0.4, -0.2) is 18.6 Å². The van der Waals surface area contributed by atoms with Gasteiger partial charge in [0.05, 0.1) is 5.88 Å². The Morgan fingerprint density at radius 1 is 1.54 bits per heavy atom. The number of rotatable bonds is 1. The molecule has 0 N–H and O–H groups in total. The number of benzene rings is 1. The summed E-state index contributed by atoms with van der Waals surface area (Å²) in [5.74, 6) is 2.12. The number of halogens is 1. The molecule has 0 radical (unpaired) electrons. The molecule has 1 aromatic rings. The van der Waals surface area contributed by atoms with Crippen LogP contribution in [-0.2, 0) is 0 Å². The molecule has 0 saturated carbocycles. The molecule has 0 bridgehead atoms. The third-order valence-electron chi connectivity index (χ3n) is 2.06. The second-order valence-corrected chi connectivity index (χ2v) is 3.42. The lowest BCUT2D eigenvalue weighted by Crippen LogP contribution is -2.30. The van der Waals surface area contributed by atoms with E-state index in [2.05, 4.69) is 0 Å². The molecule has 1 aromatic carbocycles. The normalized spacial score (nSPS) is 20.0. The third-order valence-corrected chi connectivity index (χ3v) is 2.40. The van der Waals surface area contributed by atoms with Crippen LogP contribution in [0.25, 0.3) is 0 Å². The first-order valence-corrected chi connectivity index (χ1v) is 4.79. The number of para-hydroxylation sites is 1. The molecular formula is C10H11ClO2. The maximum absolute atomic E-state index is 5.69. The van der Waals surface area contributed by atoms with Gasteiger partial charge in [0, 0.05) is 0 Å². The van der Waals surface area contributed by atoms with E-state index in [4.69, 9.17) is 21.1 Å². The minimum atomic E-state index is -0.0183. The van der Waals surface area contributed by atoms with Crippen LogP contribution in [0.3, 0.4) is 0 Å². The van der Waals surface area contributed by atoms with Crippen LogP contribution in [0.2, 0.25) is 0 Å². The molecule has 0 aromatic heterocycles. The molecule has 70 valence electrons. The second-order valence-electron chi connectivity index (χ2n) is 3.11. The summed E-state index contributed by atoms with van der Waals surface area (Å²) in [6.45, 7) is 2.54. The van der Waals surface area contributed by atoms with Crippen LogP contribution in [0.4, 0.5) is 0 Å². The molecule has 0 fully saturated rings. The van der Waals surface area contributed by atoms with Crippen molar-refractivity contribution < 1.29 is 9.47 Å². The van der Waals surface area contributed by atoms with Gasteiger partial charge in [0.2, 0.25) is 0 Å². The Morgan fingerprint density at radius 3 is 3.15 bits per heavy atom. The summed E-state index contributed by atoms with van der Waals surface area (Å²) < 4.78 is 11.2. The van der Waals surface area contributed by atoms with Crippen molar-refractivity contribution in [1.29, 1.82) is 0 Å². The highest BCUT2D eigenvalue weighted by atomic mass is 35.5. The lowest BCUT2D eigenvalue weighted by atomic mass is 10.2. The number of fused-ring (bicyclic) bond motifs is 1. The van der Waals surface area contributed by atoms with Crippen LogP contribution < -0.4 is 9.47 Å². The molecular weight excluding hydrogens is 188 g/mol. The van der Waals surface area contributed by atoms with E-state index in [1.807, 2.05) is 25.1 Å². The minimum Gasteiger partial charge on any atom is -0.486 e. The van der Waals surface area contributed by atoms with Crippen LogP contribution in [0.5, 0.6) is 11.5 Å². The third kappa shape index (κ3) is 1.59. The van der Waals surface area contributed by atoms with Gasteiger partial charge in [-0.25, -0.2) is 0 Å². The molecule has 0 aliphatic carbocycles. The van der Waals surface area contributed by atoms with Gasteiger partial charge in [-0.05, 0) is 18.6 Å². The zero-order chi connectivity index (χ0) is 9.26. The summed E-state index contributed by atoms with van der Waals surface area (Å²) in [4.78, 5) is 0. The Hall–Kier alpha value is -0.890. The van der Waals surface area contributed by atoms with Crippen molar-refractivity contribution in [3.63, 3.8) is 0 Å². The van der Waals surface area contributed by atoms with Gasteiger partial charge in [-0.1, -0.05) is 12.1 Å². The van der Waals surface area contributed by atoms with Gasteiger partial charge in [-0.2, -0.15) is 0 Å². The Morgan fingerprint density at radius 2 is 2.38 bits per heavy atom. The molecule has 0 spiro atoms. The molecule has 1 atom stereocenters. The van der Waals surface area contributed by atoms with E-state index in [0.29, 0.717) is 12.5 Å². The Balaban J connectivity index is 2.32. The SMILES string of the molecule is Cc1cccc2c1O[C@H](CCl)CO2. The maximum atomic E-state index is 5.69. The second kappa shape index (κ2) is 3.46. The highest BCUT2D eigenvalue weighted by Crippen LogP contribution is 2.34. The van der Waals surface area contributed by atoms with Gasteiger partial charge in [0.15, 0.2) is 11.5 Å². The fourth-order valence-electron chi connectivity index (χ4n) is 1.35. The van der Waals surface area contributed by atoms with Gasteiger partial charge < -0.3 is 9.47 Å². The van der Waals surface area contributed by atoms with E-state index in [9.17, 15) is 0 Å². The summed E-state index contributed by atoms with van der Waals surface area (Å²) in [5.41, 5.74) is 1.09. The molecule has 1 heterocycles. The van der Waals surface area contributed by atoms with Gasteiger partial charge >= 0.3 is 0 Å². The average molecular weight is 199 g/mol. The molecule has 2 nitrogen and oxygen atoms in total. The van der Waals surface area contributed by atoms with E-state index in [0.717, 1.165) is 17.1 Å². The fourth-order valence-corrected chi connectivity index (χ4v) is 1.50. The largest absolute Gasteiger partial charge is 0.486 e. The minimum absolute atomic E-state index is 0.0183. The van der Waals surface area contributed by atoms with Crippen molar-refractivity contribution in [2.75, 3.05) is 12.5 Å².